The molecule has 0 aliphatic rings. The van der Waals surface area contributed by atoms with E-state index in [4.69, 9.17) is 5.26 Å². The van der Waals surface area contributed by atoms with Crippen LogP contribution in [0, 0.1) is 0 Å². The number of benzene rings is 3. The molecule has 0 heterocycles. The Balaban J connectivity index is 0. The van der Waals surface area contributed by atoms with Gasteiger partial charge in [-0.3, -0.25) is 5.26 Å². The number of aryl methyl sites for hydroxylation is 1. The number of hydrogen-bond acceptors (Lipinski definition) is 2. The quantitative estimate of drug-likeness (QED) is 0.347. The van der Waals surface area contributed by atoms with Crippen molar-refractivity contribution in [1.29, 1.82) is 0 Å². The van der Waals surface area contributed by atoms with Gasteiger partial charge >= 0.3 is 0 Å². The highest BCUT2D eigenvalue weighted by atomic mass is 17.1. The summed E-state index contributed by atoms with van der Waals surface area (Å²) in [6, 6.07) is 31.7. The Morgan fingerprint density at radius 3 is 1.13 bits per heavy atom. The van der Waals surface area contributed by atoms with E-state index >= 15 is 0 Å². The van der Waals surface area contributed by atoms with Gasteiger partial charge in [-0.05, 0) is 23.1 Å². The van der Waals surface area contributed by atoms with Gasteiger partial charge < -0.3 is 0 Å². The molecule has 0 saturated carbocycles. The Bertz CT molecular complexity index is 651. The minimum atomic E-state index is 0.0858. The molecule has 30 heavy (non-hydrogen) atoms. The SMILES string of the molecule is CC.CC.CC(C)(c1ccccc1)c1ccccc1.CCc1ccccc1.COO. The lowest BCUT2D eigenvalue weighted by Crippen LogP contribution is -2.18. The molecule has 0 unspecified atom stereocenters. The molecule has 0 spiro atoms. The summed E-state index contributed by atoms with van der Waals surface area (Å²) in [5.41, 5.74) is 4.21. The second-order valence-corrected chi connectivity index (χ2v) is 6.38. The highest BCUT2D eigenvalue weighted by Crippen LogP contribution is 2.30. The van der Waals surface area contributed by atoms with Crippen molar-refractivity contribution >= 4 is 0 Å². The molecule has 0 saturated heterocycles. The summed E-state index contributed by atoms with van der Waals surface area (Å²) in [5, 5.41) is 7.07. The highest BCUT2D eigenvalue weighted by Gasteiger charge is 2.21. The van der Waals surface area contributed by atoms with Gasteiger partial charge in [0, 0.05) is 5.41 Å². The van der Waals surface area contributed by atoms with E-state index in [1.807, 2.05) is 33.8 Å². The normalized spacial score (nSPS) is 9.10. The highest BCUT2D eigenvalue weighted by molar-refractivity contribution is 5.36. The molecular formula is C28H42O2. The summed E-state index contributed by atoms with van der Waals surface area (Å²) in [6.07, 6.45) is 1.14. The molecule has 0 radical (unpaired) electrons. The third kappa shape index (κ3) is 12.2. The van der Waals surface area contributed by atoms with Crippen molar-refractivity contribution in [2.75, 3.05) is 7.11 Å². The molecule has 3 aromatic rings. The van der Waals surface area contributed by atoms with Crippen molar-refractivity contribution in [2.24, 2.45) is 0 Å². The summed E-state index contributed by atoms with van der Waals surface area (Å²) in [6.45, 7) is 14.7. The molecule has 3 aromatic carbocycles. The Hall–Kier alpha value is -2.42. The van der Waals surface area contributed by atoms with E-state index in [2.05, 4.69) is 111 Å². The van der Waals surface area contributed by atoms with Crippen molar-refractivity contribution in [1.82, 2.24) is 0 Å². The van der Waals surface area contributed by atoms with Gasteiger partial charge in [0.2, 0.25) is 0 Å². The molecule has 0 atom stereocenters. The number of rotatable bonds is 3. The zero-order valence-corrected chi connectivity index (χ0v) is 20.2. The van der Waals surface area contributed by atoms with Gasteiger partial charge in [0.15, 0.2) is 0 Å². The molecule has 3 rings (SSSR count). The van der Waals surface area contributed by atoms with Gasteiger partial charge in [-0.15, -0.1) is 0 Å². The summed E-state index contributed by atoms with van der Waals surface area (Å²) in [4.78, 5) is 3.25. The van der Waals surface area contributed by atoms with E-state index in [9.17, 15) is 0 Å². The fraction of sp³-hybridized carbons (Fsp3) is 0.357. The molecule has 0 aliphatic heterocycles. The zero-order chi connectivity index (χ0) is 23.3. The number of hydrogen-bond donors (Lipinski definition) is 1. The molecule has 166 valence electrons. The van der Waals surface area contributed by atoms with Crippen LogP contribution >= 0.6 is 0 Å². The van der Waals surface area contributed by atoms with E-state index in [0.717, 1.165) is 6.42 Å². The van der Waals surface area contributed by atoms with E-state index < -0.39 is 0 Å². The molecule has 0 aliphatic carbocycles. The molecule has 0 aromatic heterocycles. The summed E-state index contributed by atoms with van der Waals surface area (Å²) in [5.74, 6) is 0. The van der Waals surface area contributed by atoms with E-state index in [1.54, 1.807) is 0 Å². The second-order valence-electron chi connectivity index (χ2n) is 6.38. The Labute approximate surface area is 185 Å². The first-order valence-electron chi connectivity index (χ1n) is 10.9. The lowest BCUT2D eigenvalue weighted by molar-refractivity contribution is -0.214. The standard InChI is InChI=1S/C15H16.C8H10.2C2H6.CH4O2/c1-15(2,13-9-5-3-6-10-13)14-11-7-4-8-12-14;1-2-8-6-4-3-5-7-8;2*1-2;1-3-2/h3-12H,1-2H3;3-7H,2H2,1H3;2*1-2H3;2H,1H3. The maximum atomic E-state index is 7.07. The second kappa shape index (κ2) is 19.9. The summed E-state index contributed by atoms with van der Waals surface area (Å²) >= 11 is 0. The van der Waals surface area contributed by atoms with Crippen LogP contribution in [0.3, 0.4) is 0 Å². The first kappa shape index (κ1) is 29.8. The fourth-order valence-electron chi connectivity index (χ4n) is 2.59. The van der Waals surface area contributed by atoms with Crippen molar-refractivity contribution in [3.05, 3.63) is 108 Å². The Morgan fingerprint density at radius 1 is 0.633 bits per heavy atom. The first-order valence-corrected chi connectivity index (χ1v) is 10.9. The van der Waals surface area contributed by atoms with Crippen LogP contribution in [0.2, 0.25) is 0 Å². The molecule has 2 heteroatoms. The van der Waals surface area contributed by atoms with Crippen LogP contribution in [0.4, 0.5) is 0 Å². The van der Waals surface area contributed by atoms with Crippen LogP contribution in [-0.4, -0.2) is 12.4 Å². The molecule has 0 bridgehead atoms. The van der Waals surface area contributed by atoms with E-state index in [1.165, 1.54) is 23.8 Å². The summed E-state index contributed by atoms with van der Waals surface area (Å²) < 4.78 is 0. The summed E-state index contributed by atoms with van der Waals surface area (Å²) in [7, 11) is 1.18. The van der Waals surface area contributed by atoms with Crippen LogP contribution in [0.15, 0.2) is 91.0 Å². The predicted octanol–water partition coefficient (Wildman–Crippen LogP) is 8.42. The van der Waals surface area contributed by atoms with Gasteiger partial charge in [0.05, 0.1) is 7.11 Å². The third-order valence-corrected chi connectivity index (χ3v) is 4.24. The maximum absolute atomic E-state index is 7.07. The Morgan fingerprint density at radius 2 is 0.900 bits per heavy atom. The van der Waals surface area contributed by atoms with Crippen LogP contribution in [0.25, 0.3) is 0 Å². The minimum Gasteiger partial charge on any atom is -0.252 e. The van der Waals surface area contributed by atoms with Gasteiger partial charge in [0.1, 0.15) is 0 Å². The third-order valence-electron chi connectivity index (χ3n) is 4.24. The largest absolute Gasteiger partial charge is 0.252 e. The van der Waals surface area contributed by atoms with E-state index in [-0.39, 0.29) is 5.41 Å². The molecule has 2 nitrogen and oxygen atoms in total. The Kier molecular flexibility index (Phi) is 19.7. The fourth-order valence-corrected chi connectivity index (χ4v) is 2.59. The van der Waals surface area contributed by atoms with Crippen molar-refractivity contribution in [3.63, 3.8) is 0 Å². The van der Waals surface area contributed by atoms with Gasteiger partial charge in [-0.2, -0.15) is 0 Å². The maximum Gasteiger partial charge on any atom is 0.0710 e. The smallest absolute Gasteiger partial charge is 0.0710 e. The average Bonchev–Trinajstić information content (AvgIpc) is 2.84. The van der Waals surface area contributed by atoms with Crippen molar-refractivity contribution in [3.8, 4) is 0 Å². The van der Waals surface area contributed by atoms with Gasteiger partial charge in [-0.1, -0.05) is 139 Å². The zero-order valence-electron chi connectivity index (χ0n) is 20.2. The van der Waals surface area contributed by atoms with Gasteiger partial charge in [0.25, 0.3) is 0 Å². The average molecular weight is 411 g/mol. The minimum absolute atomic E-state index is 0.0858. The molecular weight excluding hydrogens is 368 g/mol. The van der Waals surface area contributed by atoms with E-state index in [0.29, 0.717) is 0 Å². The first-order chi connectivity index (χ1) is 14.6. The predicted molar refractivity (Wildman–Crippen MR) is 133 cm³/mol. The lowest BCUT2D eigenvalue weighted by atomic mass is 9.78. The molecule has 1 N–H and O–H groups in total. The van der Waals surface area contributed by atoms with Crippen LogP contribution < -0.4 is 0 Å². The van der Waals surface area contributed by atoms with Crippen LogP contribution in [0.5, 0.6) is 0 Å². The van der Waals surface area contributed by atoms with Crippen molar-refractivity contribution in [2.45, 2.75) is 60.3 Å². The van der Waals surface area contributed by atoms with Crippen LogP contribution in [-0.2, 0) is 16.7 Å². The molecule has 0 amide bonds. The lowest BCUT2D eigenvalue weighted by Gasteiger charge is -2.25. The van der Waals surface area contributed by atoms with Gasteiger partial charge in [-0.25, -0.2) is 4.89 Å². The topological polar surface area (TPSA) is 29.5 Å². The molecule has 0 fully saturated rings. The van der Waals surface area contributed by atoms with Crippen molar-refractivity contribution < 1.29 is 10.1 Å². The van der Waals surface area contributed by atoms with Crippen LogP contribution in [0.1, 0.15) is 65.2 Å². The monoisotopic (exact) mass is 410 g/mol.